The summed E-state index contributed by atoms with van der Waals surface area (Å²) in [7, 11) is -3.42. The van der Waals surface area contributed by atoms with E-state index < -0.39 is 20.8 Å². The minimum absolute atomic E-state index is 0.00302. The number of aromatic nitrogens is 1. The Morgan fingerprint density at radius 1 is 1.52 bits per heavy atom. The average Bonchev–Trinajstić information content (AvgIpc) is 3.01. The highest BCUT2D eigenvalue weighted by molar-refractivity contribution is 7.92. The monoisotopic (exact) mass is 352 g/mol. The van der Waals surface area contributed by atoms with Crippen LogP contribution in [0.3, 0.4) is 0 Å². The second-order valence-electron chi connectivity index (χ2n) is 6.17. The molecule has 2 atom stereocenters. The van der Waals surface area contributed by atoms with Crippen molar-refractivity contribution in [3.63, 3.8) is 0 Å². The first-order chi connectivity index (χ1) is 10.8. The molecule has 1 aliphatic rings. The molecule has 23 heavy (non-hydrogen) atoms. The lowest BCUT2D eigenvalue weighted by Crippen LogP contribution is -2.42. The predicted octanol–water partition coefficient (Wildman–Crippen LogP) is 2.66. The van der Waals surface area contributed by atoms with Crippen molar-refractivity contribution in [3.8, 4) is 0 Å². The molecular weight excluding hydrogens is 332 g/mol. The smallest absolute Gasteiger partial charge is 0.164 e. The number of ether oxygens (including phenoxy) is 1. The van der Waals surface area contributed by atoms with E-state index in [1.54, 1.807) is 0 Å². The summed E-state index contributed by atoms with van der Waals surface area (Å²) in [6, 6.07) is 7.43. The largest absolute Gasteiger partial charge is 0.360 e. The number of para-hydroxylation sites is 1. The second kappa shape index (κ2) is 5.98. The van der Waals surface area contributed by atoms with Gasteiger partial charge in [0.05, 0.1) is 22.6 Å². The zero-order valence-electron chi connectivity index (χ0n) is 13.2. The minimum atomic E-state index is -3.42. The topological polar surface area (TPSA) is 68.3 Å². The van der Waals surface area contributed by atoms with E-state index in [1.807, 2.05) is 38.1 Å². The number of hydrogen-bond acceptors (Lipinski definition) is 6. The summed E-state index contributed by atoms with van der Waals surface area (Å²) < 4.78 is 32.1. The fourth-order valence-electron chi connectivity index (χ4n) is 2.77. The van der Waals surface area contributed by atoms with Gasteiger partial charge in [0.25, 0.3) is 0 Å². The Hall–Kier alpha value is -1.28. The van der Waals surface area contributed by atoms with Crippen LogP contribution >= 0.6 is 11.3 Å². The van der Waals surface area contributed by atoms with Gasteiger partial charge in [-0.25, -0.2) is 13.4 Å². The number of thiazole rings is 1. The zero-order valence-corrected chi connectivity index (χ0v) is 14.8. The van der Waals surface area contributed by atoms with Gasteiger partial charge >= 0.3 is 0 Å². The summed E-state index contributed by atoms with van der Waals surface area (Å²) in [5.41, 5.74) is 0.331. The Labute approximate surface area is 140 Å². The van der Waals surface area contributed by atoms with E-state index in [4.69, 9.17) is 4.74 Å². The summed E-state index contributed by atoms with van der Waals surface area (Å²) in [5, 5.41) is 2.97. The predicted molar refractivity (Wildman–Crippen MR) is 93.3 cm³/mol. The van der Waals surface area contributed by atoms with Crippen molar-refractivity contribution >= 4 is 31.4 Å². The van der Waals surface area contributed by atoms with Crippen LogP contribution in [0.5, 0.6) is 0 Å². The van der Waals surface area contributed by atoms with Crippen molar-refractivity contribution in [2.75, 3.05) is 12.4 Å². The Morgan fingerprint density at radius 2 is 2.26 bits per heavy atom. The van der Waals surface area contributed by atoms with Crippen molar-refractivity contribution in [3.05, 3.63) is 41.9 Å². The highest BCUT2D eigenvalue weighted by atomic mass is 32.2. The molecule has 2 aromatic rings. The van der Waals surface area contributed by atoms with E-state index in [0.29, 0.717) is 11.6 Å². The van der Waals surface area contributed by atoms with Gasteiger partial charge in [0.2, 0.25) is 0 Å². The quantitative estimate of drug-likeness (QED) is 0.838. The Kier molecular flexibility index (Phi) is 4.31. The molecule has 1 N–H and O–H groups in total. The van der Waals surface area contributed by atoms with Crippen LogP contribution in [-0.4, -0.2) is 37.5 Å². The highest BCUT2D eigenvalue weighted by Crippen LogP contribution is 2.32. The van der Waals surface area contributed by atoms with Crippen LogP contribution in [0.25, 0.3) is 10.2 Å². The lowest BCUT2D eigenvalue weighted by Gasteiger charge is -2.19. The Bertz CT molecular complexity index is 794. The fourth-order valence-corrected chi connectivity index (χ4v) is 5.90. The summed E-state index contributed by atoms with van der Waals surface area (Å²) in [5.74, 6) is 0.00302. The molecule has 0 radical (unpaired) electrons. The molecule has 1 aromatic heterocycles. The lowest BCUT2D eigenvalue weighted by molar-refractivity contribution is 0.0231. The molecule has 0 spiro atoms. The first-order valence-corrected chi connectivity index (χ1v) is 9.95. The van der Waals surface area contributed by atoms with E-state index in [0.717, 1.165) is 10.2 Å². The maximum atomic E-state index is 12.8. The standard InChI is InChI=1S/C16H20N2O3S2/c1-4-14(15-17-12-7-5-6-8-13(12)22-15)23(19,20)10-11-9-21-16(2,3)18-11/h4-8,11,14,18H,1,9-10H2,2-3H3. The number of sulfone groups is 1. The van der Waals surface area contributed by atoms with Gasteiger partial charge in [-0.2, -0.15) is 0 Å². The molecule has 0 amide bonds. The third kappa shape index (κ3) is 3.47. The molecule has 0 bridgehead atoms. The van der Waals surface area contributed by atoms with Crippen LogP contribution in [0, 0.1) is 0 Å². The molecule has 2 heterocycles. The van der Waals surface area contributed by atoms with E-state index in [9.17, 15) is 8.42 Å². The van der Waals surface area contributed by atoms with Gasteiger partial charge in [0.15, 0.2) is 9.84 Å². The number of rotatable bonds is 5. The van der Waals surface area contributed by atoms with Gasteiger partial charge in [-0.05, 0) is 26.0 Å². The van der Waals surface area contributed by atoms with Gasteiger partial charge in [-0.3, -0.25) is 5.32 Å². The number of nitrogens with one attached hydrogen (secondary N) is 1. The SMILES string of the molecule is C=CC(c1nc2ccccc2s1)S(=O)(=O)CC1COC(C)(C)N1. The van der Waals surface area contributed by atoms with Crippen LogP contribution in [-0.2, 0) is 14.6 Å². The van der Waals surface area contributed by atoms with Crippen molar-refractivity contribution in [1.29, 1.82) is 0 Å². The number of benzene rings is 1. The first-order valence-electron chi connectivity index (χ1n) is 7.42. The van der Waals surface area contributed by atoms with Crippen LogP contribution in [0.2, 0.25) is 0 Å². The van der Waals surface area contributed by atoms with Gasteiger partial charge < -0.3 is 4.74 Å². The summed E-state index contributed by atoms with van der Waals surface area (Å²) in [6.07, 6.45) is 1.47. The maximum Gasteiger partial charge on any atom is 0.164 e. The molecule has 1 aliphatic heterocycles. The van der Waals surface area contributed by atoms with E-state index in [2.05, 4.69) is 16.9 Å². The average molecular weight is 352 g/mol. The molecule has 5 nitrogen and oxygen atoms in total. The third-order valence-electron chi connectivity index (χ3n) is 3.79. The van der Waals surface area contributed by atoms with Crippen LogP contribution in [0.1, 0.15) is 24.1 Å². The van der Waals surface area contributed by atoms with E-state index in [-0.39, 0.29) is 11.8 Å². The van der Waals surface area contributed by atoms with Crippen LogP contribution < -0.4 is 5.32 Å². The molecule has 1 saturated heterocycles. The fraction of sp³-hybridized carbons (Fsp3) is 0.438. The molecule has 0 aliphatic carbocycles. The first kappa shape index (κ1) is 16.6. The Balaban J connectivity index is 1.85. The number of hydrogen-bond donors (Lipinski definition) is 1. The molecular formula is C16H20N2O3S2. The van der Waals surface area contributed by atoms with E-state index >= 15 is 0 Å². The third-order valence-corrected chi connectivity index (χ3v) is 7.11. The highest BCUT2D eigenvalue weighted by Gasteiger charge is 2.36. The van der Waals surface area contributed by atoms with Crippen molar-refractivity contribution in [2.24, 2.45) is 0 Å². The summed E-state index contributed by atoms with van der Waals surface area (Å²) >= 11 is 1.40. The van der Waals surface area contributed by atoms with Gasteiger partial charge in [-0.1, -0.05) is 18.2 Å². The molecule has 3 rings (SSSR count). The molecule has 7 heteroatoms. The van der Waals surface area contributed by atoms with Crippen molar-refractivity contribution in [2.45, 2.75) is 30.9 Å². The van der Waals surface area contributed by atoms with Crippen molar-refractivity contribution < 1.29 is 13.2 Å². The van der Waals surface area contributed by atoms with Crippen LogP contribution in [0.15, 0.2) is 36.9 Å². The van der Waals surface area contributed by atoms with Gasteiger partial charge in [0, 0.05) is 6.04 Å². The zero-order chi connectivity index (χ0) is 16.7. The van der Waals surface area contributed by atoms with Gasteiger partial charge in [0.1, 0.15) is 16.0 Å². The molecule has 0 saturated carbocycles. The molecule has 1 aromatic carbocycles. The molecule has 124 valence electrons. The minimum Gasteiger partial charge on any atom is -0.360 e. The lowest BCUT2D eigenvalue weighted by atomic mass is 10.3. The maximum absolute atomic E-state index is 12.8. The van der Waals surface area contributed by atoms with Crippen molar-refractivity contribution in [1.82, 2.24) is 10.3 Å². The summed E-state index contributed by atoms with van der Waals surface area (Å²) in [4.78, 5) is 4.47. The second-order valence-corrected chi connectivity index (χ2v) is 9.40. The molecule has 2 unspecified atom stereocenters. The number of fused-ring (bicyclic) bond motifs is 1. The van der Waals surface area contributed by atoms with E-state index in [1.165, 1.54) is 17.4 Å². The summed E-state index contributed by atoms with van der Waals surface area (Å²) in [6.45, 7) is 7.87. The van der Waals surface area contributed by atoms with Crippen LogP contribution in [0.4, 0.5) is 0 Å². The molecule has 1 fully saturated rings. The van der Waals surface area contributed by atoms with Gasteiger partial charge in [-0.15, -0.1) is 17.9 Å². The Morgan fingerprint density at radius 3 is 2.87 bits per heavy atom. The number of nitrogens with zero attached hydrogens (tertiary/aromatic N) is 1. The normalized spacial score (nSPS) is 22.3.